The number of hydrogen-bond acceptors (Lipinski definition) is 5. The zero-order valence-corrected chi connectivity index (χ0v) is 11.0. The third kappa shape index (κ3) is 3.16. The Labute approximate surface area is 110 Å². The van der Waals surface area contributed by atoms with Crippen LogP contribution in [0.25, 0.3) is 0 Å². The Morgan fingerprint density at radius 2 is 2.00 bits per heavy atom. The number of aromatic nitrogens is 3. The lowest BCUT2D eigenvalue weighted by Gasteiger charge is -2.12. The molecule has 6 nitrogen and oxygen atoms in total. The summed E-state index contributed by atoms with van der Waals surface area (Å²) in [6.45, 7) is 0. The molecule has 2 rings (SSSR count). The van der Waals surface area contributed by atoms with Crippen LogP contribution in [-0.2, 0) is 4.79 Å². The van der Waals surface area contributed by atoms with Gasteiger partial charge in [-0.05, 0) is 12.8 Å². The fourth-order valence-electron chi connectivity index (χ4n) is 2.33. The first-order chi connectivity index (χ1) is 8.68. The molecule has 1 heterocycles. The van der Waals surface area contributed by atoms with Gasteiger partial charge in [-0.1, -0.05) is 37.4 Å². The zero-order valence-electron chi connectivity index (χ0n) is 10.2. The number of hydrogen-bond donors (Lipinski definition) is 2. The molecule has 1 saturated carbocycles. The second-order valence-corrected chi connectivity index (χ2v) is 5.52. The lowest BCUT2D eigenvalue weighted by molar-refractivity contribution is -0.133. The van der Waals surface area contributed by atoms with Gasteiger partial charge in [0.25, 0.3) is 0 Å². The molecule has 0 bridgehead atoms. The van der Waals surface area contributed by atoms with Crippen molar-refractivity contribution in [1.29, 1.82) is 0 Å². The van der Waals surface area contributed by atoms with Crippen LogP contribution in [0.5, 0.6) is 0 Å². The molecule has 1 aromatic heterocycles. The highest BCUT2D eigenvalue weighted by atomic mass is 32.2. The van der Waals surface area contributed by atoms with Crippen molar-refractivity contribution >= 4 is 17.7 Å². The van der Waals surface area contributed by atoms with Gasteiger partial charge in [-0.25, -0.2) is 4.68 Å². The van der Waals surface area contributed by atoms with Gasteiger partial charge in [0, 0.05) is 5.92 Å². The minimum Gasteiger partial charge on any atom is -0.481 e. The van der Waals surface area contributed by atoms with Gasteiger partial charge >= 0.3 is 5.97 Å². The first-order valence-electron chi connectivity index (χ1n) is 6.23. The molecule has 0 radical (unpaired) electrons. The summed E-state index contributed by atoms with van der Waals surface area (Å²) in [7, 11) is 0. The highest BCUT2D eigenvalue weighted by molar-refractivity contribution is 7.99. The van der Waals surface area contributed by atoms with Crippen LogP contribution in [-0.4, -0.2) is 31.7 Å². The van der Waals surface area contributed by atoms with E-state index in [4.69, 9.17) is 10.9 Å². The molecule has 1 aliphatic carbocycles. The third-order valence-electron chi connectivity index (χ3n) is 3.24. The topological polar surface area (TPSA) is 94.0 Å². The van der Waals surface area contributed by atoms with Crippen molar-refractivity contribution in [2.75, 3.05) is 11.6 Å². The smallest absolute Gasteiger partial charge is 0.313 e. The van der Waals surface area contributed by atoms with Crippen LogP contribution < -0.4 is 5.84 Å². The number of thioether (sulfide) groups is 1. The Morgan fingerprint density at radius 3 is 2.61 bits per heavy atom. The van der Waals surface area contributed by atoms with Gasteiger partial charge in [0.2, 0.25) is 5.16 Å². The SMILES string of the molecule is Nn1c(SCC(=O)O)nnc1C1CCCCCC1. The molecule has 3 N–H and O–H groups in total. The van der Waals surface area contributed by atoms with Crippen molar-refractivity contribution in [3.8, 4) is 0 Å². The van der Waals surface area contributed by atoms with E-state index in [9.17, 15) is 4.79 Å². The van der Waals surface area contributed by atoms with Crippen LogP contribution in [0, 0.1) is 0 Å². The van der Waals surface area contributed by atoms with E-state index in [-0.39, 0.29) is 5.75 Å². The largest absolute Gasteiger partial charge is 0.481 e. The molecule has 0 saturated heterocycles. The van der Waals surface area contributed by atoms with Gasteiger partial charge in [-0.2, -0.15) is 0 Å². The number of nitrogens with two attached hydrogens (primary N) is 1. The van der Waals surface area contributed by atoms with E-state index < -0.39 is 5.97 Å². The average Bonchev–Trinajstić information content (AvgIpc) is 2.56. The van der Waals surface area contributed by atoms with Crippen molar-refractivity contribution in [1.82, 2.24) is 14.9 Å². The Hall–Kier alpha value is -1.24. The summed E-state index contributed by atoms with van der Waals surface area (Å²) >= 11 is 1.11. The third-order valence-corrected chi connectivity index (χ3v) is 4.16. The van der Waals surface area contributed by atoms with Crippen molar-refractivity contribution in [3.05, 3.63) is 5.82 Å². The van der Waals surface area contributed by atoms with Crippen LogP contribution in [0.1, 0.15) is 50.3 Å². The first kappa shape index (κ1) is 13.2. The summed E-state index contributed by atoms with van der Waals surface area (Å²) in [5, 5.41) is 17.2. The first-order valence-corrected chi connectivity index (χ1v) is 7.22. The fraction of sp³-hybridized carbons (Fsp3) is 0.727. The lowest BCUT2D eigenvalue weighted by Crippen LogP contribution is -2.17. The van der Waals surface area contributed by atoms with Crippen molar-refractivity contribution < 1.29 is 9.90 Å². The molecule has 7 heteroatoms. The molecule has 0 aromatic carbocycles. The monoisotopic (exact) mass is 270 g/mol. The molecule has 0 amide bonds. The van der Waals surface area contributed by atoms with E-state index in [2.05, 4.69) is 10.2 Å². The molecule has 100 valence electrons. The number of rotatable bonds is 4. The van der Waals surface area contributed by atoms with Gasteiger partial charge in [-0.3, -0.25) is 4.79 Å². The molecular formula is C11H18N4O2S. The van der Waals surface area contributed by atoms with Crippen LogP contribution in [0.2, 0.25) is 0 Å². The number of carboxylic acid groups (broad SMARTS) is 1. The van der Waals surface area contributed by atoms with Crippen molar-refractivity contribution in [2.24, 2.45) is 0 Å². The molecule has 0 aliphatic heterocycles. The average molecular weight is 270 g/mol. The maximum absolute atomic E-state index is 10.5. The zero-order chi connectivity index (χ0) is 13.0. The maximum atomic E-state index is 10.5. The summed E-state index contributed by atoms with van der Waals surface area (Å²) in [5.74, 6) is 6.19. The Bertz CT molecular complexity index is 413. The highest BCUT2D eigenvalue weighted by Crippen LogP contribution is 2.31. The standard InChI is InChI=1S/C11H18N4O2S/c12-15-10(8-5-3-1-2-4-6-8)13-14-11(15)18-7-9(16)17/h8H,1-7,12H2,(H,16,17). The van der Waals surface area contributed by atoms with Crippen molar-refractivity contribution in [2.45, 2.75) is 49.6 Å². The summed E-state index contributed by atoms with van der Waals surface area (Å²) in [6, 6.07) is 0. The summed E-state index contributed by atoms with van der Waals surface area (Å²) < 4.78 is 1.46. The number of nitrogen functional groups attached to an aromatic ring is 1. The quantitative estimate of drug-likeness (QED) is 0.490. The Balaban J connectivity index is 2.06. The number of carboxylic acids is 1. The number of nitrogens with zero attached hydrogens (tertiary/aromatic N) is 3. The molecule has 0 atom stereocenters. The minimum absolute atomic E-state index is 0.0417. The van der Waals surface area contributed by atoms with Crippen LogP contribution in [0.15, 0.2) is 5.16 Å². The van der Waals surface area contributed by atoms with Crippen LogP contribution >= 0.6 is 11.8 Å². The highest BCUT2D eigenvalue weighted by Gasteiger charge is 2.21. The van der Waals surface area contributed by atoms with Gasteiger partial charge in [0.15, 0.2) is 5.82 Å². The van der Waals surface area contributed by atoms with E-state index in [0.717, 1.165) is 30.4 Å². The second kappa shape index (κ2) is 6.08. The van der Waals surface area contributed by atoms with E-state index in [1.54, 1.807) is 0 Å². The van der Waals surface area contributed by atoms with Gasteiger partial charge in [0.05, 0.1) is 5.75 Å². The molecular weight excluding hydrogens is 252 g/mol. The minimum atomic E-state index is -0.876. The molecule has 0 spiro atoms. The summed E-state index contributed by atoms with van der Waals surface area (Å²) in [4.78, 5) is 10.5. The van der Waals surface area contributed by atoms with Crippen molar-refractivity contribution in [3.63, 3.8) is 0 Å². The lowest BCUT2D eigenvalue weighted by atomic mass is 10.00. The van der Waals surface area contributed by atoms with Gasteiger partial charge in [-0.15, -0.1) is 10.2 Å². The number of carbonyl (C=O) groups is 1. The fourth-order valence-corrected chi connectivity index (χ4v) is 2.91. The predicted octanol–water partition coefficient (Wildman–Crippen LogP) is 1.61. The summed E-state index contributed by atoms with van der Waals surface area (Å²) in [5.41, 5.74) is 0. The molecule has 0 unspecified atom stereocenters. The normalized spacial score (nSPS) is 17.6. The molecule has 1 fully saturated rings. The van der Waals surface area contributed by atoms with E-state index in [1.165, 1.54) is 30.4 Å². The second-order valence-electron chi connectivity index (χ2n) is 4.58. The summed E-state index contributed by atoms with van der Waals surface area (Å²) in [6.07, 6.45) is 7.15. The maximum Gasteiger partial charge on any atom is 0.313 e. The van der Waals surface area contributed by atoms with Crippen LogP contribution in [0.4, 0.5) is 0 Å². The molecule has 1 aliphatic rings. The van der Waals surface area contributed by atoms with E-state index >= 15 is 0 Å². The van der Waals surface area contributed by atoms with Crippen LogP contribution in [0.3, 0.4) is 0 Å². The van der Waals surface area contributed by atoms with E-state index in [0.29, 0.717) is 11.1 Å². The number of aliphatic carboxylic acids is 1. The van der Waals surface area contributed by atoms with Gasteiger partial charge in [0.1, 0.15) is 0 Å². The predicted molar refractivity (Wildman–Crippen MR) is 69.0 cm³/mol. The molecule has 18 heavy (non-hydrogen) atoms. The Kier molecular flexibility index (Phi) is 4.46. The van der Waals surface area contributed by atoms with Gasteiger partial charge < -0.3 is 10.9 Å². The molecule has 1 aromatic rings. The van der Waals surface area contributed by atoms with E-state index in [1.807, 2.05) is 0 Å². The Morgan fingerprint density at radius 1 is 1.33 bits per heavy atom.